The van der Waals surface area contributed by atoms with Gasteiger partial charge in [-0.1, -0.05) is 18.2 Å². The highest BCUT2D eigenvalue weighted by Crippen LogP contribution is 2.17. The number of aromatic nitrogens is 1. The second-order valence-electron chi connectivity index (χ2n) is 7.28. The number of likely N-dealkylation sites (tertiary alicyclic amines) is 1. The van der Waals surface area contributed by atoms with Gasteiger partial charge < -0.3 is 14.8 Å². The predicted octanol–water partition coefficient (Wildman–Crippen LogP) is 1.94. The Balaban J connectivity index is 1.31. The second-order valence-corrected chi connectivity index (χ2v) is 7.28. The second kappa shape index (κ2) is 7.50. The third-order valence-electron chi connectivity index (χ3n) is 5.49. The van der Waals surface area contributed by atoms with Crippen LogP contribution in [0.3, 0.4) is 0 Å². The van der Waals surface area contributed by atoms with Crippen LogP contribution in [-0.2, 0) is 4.79 Å². The normalized spacial score (nSPS) is 19.1. The molecule has 0 saturated carbocycles. The molecule has 138 valence electrons. The fourth-order valence-corrected chi connectivity index (χ4v) is 3.90. The van der Waals surface area contributed by atoms with E-state index >= 15 is 0 Å². The highest BCUT2D eigenvalue weighted by atomic mass is 16.2. The third-order valence-corrected chi connectivity index (χ3v) is 5.49. The summed E-state index contributed by atoms with van der Waals surface area (Å²) < 4.78 is 0. The summed E-state index contributed by atoms with van der Waals surface area (Å²) in [6, 6.07) is 9.85. The van der Waals surface area contributed by atoms with Crippen molar-refractivity contribution in [3.63, 3.8) is 0 Å². The van der Waals surface area contributed by atoms with Crippen molar-refractivity contribution in [2.24, 2.45) is 0 Å². The van der Waals surface area contributed by atoms with Gasteiger partial charge in [-0.2, -0.15) is 0 Å². The van der Waals surface area contributed by atoms with E-state index in [4.69, 9.17) is 0 Å². The molecule has 0 unspecified atom stereocenters. The van der Waals surface area contributed by atoms with Gasteiger partial charge in [-0.25, -0.2) is 0 Å². The number of piperidine rings is 1. The van der Waals surface area contributed by atoms with E-state index in [0.29, 0.717) is 25.3 Å². The van der Waals surface area contributed by atoms with Gasteiger partial charge in [0.1, 0.15) is 5.69 Å². The number of fused-ring (bicyclic) bond motifs is 1. The van der Waals surface area contributed by atoms with Crippen molar-refractivity contribution in [2.45, 2.75) is 19.3 Å². The van der Waals surface area contributed by atoms with Gasteiger partial charge in [0.15, 0.2) is 0 Å². The van der Waals surface area contributed by atoms with Crippen molar-refractivity contribution in [3.05, 3.63) is 36.0 Å². The Hall–Kier alpha value is -2.34. The molecule has 2 amide bonds. The minimum absolute atomic E-state index is 0.0446. The van der Waals surface area contributed by atoms with Gasteiger partial charge in [-0.3, -0.25) is 14.5 Å². The van der Waals surface area contributed by atoms with Crippen molar-refractivity contribution in [1.82, 2.24) is 19.7 Å². The average molecular weight is 354 g/mol. The molecule has 0 aliphatic carbocycles. The lowest BCUT2D eigenvalue weighted by Gasteiger charge is -2.35. The first kappa shape index (κ1) is 17.1. The minimum Gasteiger partial charge on any atom is -0.351 e. The standard InChI is InChI=1S/C20H26N4O2/c25-19(23-8-4-1-5-9-23)15-22-10-12-24(13-11-22)20(26)18-14-16-6-2-3-7-17(16)21-18/h2-3,6-7,14,21H,1,4-5,8-13,15H2. The van der Waals surface area contributed by atoms with Crippen LogP contribution in [0.4, 0.5) is 0 Å². The summed E-state index contributed by atoms with van der Waals surface area (Å²) in [4.78, 5) is 34.4. The van der Waals surface area contributed by atoms with E-state index in [2.05, 4.69) is 9.88 Å². The SMILES string of the molecule is O=C(CN1CCN(C(=O)c2cc3ccccc3[nH]2)CC1)N1CCCCC1. The van der Waals surface area contributed by atoms with Gasteiger partial charge in [0.05, 0.1) is 6.54 Å². The van der Waals surface area contributed by atoms with Crippen LogP contribution in [0.15, 0.2) is 30.3 Å². The number of aromatic amines is 1. The van der Waals surface area contributed by atoms with Crippen LogP contribution in [0.1, 0.15) is 29.8 Å². The van der Waals surface area contributed by atoms with E-state index in [-0.39, 0.29) is 11.8 Å². The molecule has 2 fully saturated rings. The number of hydrogen-bond acceptors (Lipinski definition) is 3. The number of nitrogens with zero attached hydrogens (tertiary/aromatic N) is 3. The Morgan fingerprint density at radius 1 is 0.885 bits per heavy atom. The molecule has 2 aromatic rings. The highest BCUT2D eigenvalue weighted by Gasteiger charge is 2.26. The quantitative estimate of drug-likeness (QED) is 0.916. The summed E-state index contributed by atoms with van der Waals surface area (Å²) in [7, 11) is 0. The number of amides is 2. The fourth-order valence-electron chi connectivity index (χ4n) is 3.90. The van der Waals surface area contributed by atoms with Crippen molar-refractivity contribution in [1.29, 1.82) is 0 Å². The zero-order chi connectivity index (χ0) is 17.9. The van der Waals surface area contributed by atoms with Gasteiger partial charge in [0.25, 0.3) is 5.91 Å². The maximum atomic E-state index is 12.7. The molecule has 26 heavy (non-hydrogen) atoms. The van der Waals surface area contributed by atoms with Crippen LogP contribution in [-0.4, -0.2) is 77.3 Å². The number of rotatable bonds is 3. The predicted molar refractivity (Wildman–Crippen MR) is 101 cm³/mol. The number of nitrogens with one attached hydrogen (secondary N) is 1. The Morgan fingerprint density at radius 3 is 2.35 bits per heavy atom. The molecule has 6 nitrogen and oxygen atoms in total. The van der Waals surface area contributed by atoms with Crippen molar-refractivity contribution in [2.75, 3.05) is 45.8 Å². The molecule has 3 heterocycles. The summed E-state index contributed by atoms with van der Waals surface area (Å²) in [6.07, 6.45) is 3.48. The number of H-pyrrole nitrogens is 1. The summed E-state index contributed by atoms with van der Waals surface area (Å²) in [5.74, 6) is 0.281. The van der Waals surface area contributed by atoms with Crippen molar-refractivity contribution in [3.8, 4) is 0 Å². The smallest absolute Gasteiger partial charge is 0.270 e. The molecule has 1 N–H and O–H groups in total. The molecule has 0 spiro atoms. The number of para-hydroxylation sites is 1. The average Bonchev–Trinajstić information content (AvgIpc) is 3.13. The van der Waals surface area contributed by atoms with Crippen molar-refractivity contribution >= 4 is 22.7 Å². The van der Waals surface area contributed by atoms with Crippen LogP contribution in [0.2, 0.25) is 0 Å². The first-order chi connectivity index (χ1) is 12.7. The lowest BCUT2D eigenvalue weighted by atomic mass is 10.1. The van der Waals surface area contributed by atoms with Crippen LogP contribution >= 0.6 is 0 Å². The van der Waals surface area contributed by atoms with E-state index in [1.807, 2.05) is 40.1 Å². The molecule has 1 aromatic heterocycles. The monoisotopic (exact) mass is 354 g/mol. The number of carbonyl (C=O) groups is 2. The topological polar surface area (TPSA) is 59.7 Å². The summed E-state index contributed by atoms with van der Waals surface area (Å²) in [6.45, 7) is 5.13. The molecule has 4 rings (SSSR count). The van der Waals surface area contributed by atoms with E-state index in [9.17, 15) is 9.59 Å². The van der Waals surface area contributed by atoms with E-state index < -0.39 is 0 Å². The lowest BCUT2D eigenvalue weighted by Crippen LogP contribution is -2.52. The lowest BCUT2D eigenvalue weighted by molar-refractivity contribution is -0.133. The fraction of sp³-hybridized carbons (Fsp3) is 0.500. The van der Waals surface area contributed by atoms with Crippen LogP contribution in [0, 0.1) is 0 Å². The van der Waals surface area contributed by atoms with E-state index in [1.165, 1.54) is 6.42 Å². The molecule has 0 bridgehead atoms. The van der Waals surface area contributed by atoms with Gasteiger partial charge in [0, 0.05) is 50.2 Å². The maximum absolute atomic E-state index is 12.7. The molecule has 1 aromatic carbocycles. The van der Waals surface area contributed by atoms with Gasteiger partial charge in [-0.05, 0) is 31.4 Å². The number of piperazine rings is 1. The minimum atomic E-state index is 0.0446. The first-order valence-corrected chi connectivity index (χ1v) is 9.58. The summed E-state index contributed by atoms with van der Waals surface area (Å²) in [5.41, 5.74) is 1.63. The van der Waals surface area contributed by atoms with E-state index in [1.54, 1.807) is 0 Å². The zero-order valence-corrected chi connectivity index (χ0v) is 15.1. The van der Waals surface area contributed by atoms with Gasteiger partial charge in [-0.15, -0.1) is 0 Å². The summed E-state index contributed by atoms with van der Waals surface area (Å²) >= 11 is 0. The van der Waals surface area contributed by atoms with Gasteiger partial charge in [0.2, 0.25) is 5.91 Å². The highest BCUT2D eigenvalue weighted by molar-refractivity contribution is 5.98. The Kier molecular flexibility index (Phi) is 4.93. The Bertz CT molecular complexity index is 753. The first-order valence-electron chi connectivity index (χ1n) is 9.58. The van der Waals surface area contributed by atoms with Crippen molar-refractivity contribution < 1.29 is 9.59 Å². The number of benzene rings is 1. The Labute approximate surface area is 153 Å². The largest absolute Gasteiger partial charge is 0.351 e. The molecule has 0 atom stereocenters. The van der Waals surface area contributed by atoms with E-state index in [0.717, 1.165) is 49.9 Å². The molecule has 2 aliphatic heterocycles. The molecule has 0 radical (unpaired) electrons. The zero-order valence-electron chi connectivity index (χ0n) is 15.1. The molecular formula is C20H26N4O2. The van der Waals surface area contributed by atoms with Crippen LogP contribution in [0.25, 0.3) is 10.9 Å². The molecule has 6 heteroatoms. The number of carbonyl (C=O) groups excluding carboxylic acids is 2. The molecule has 2 aliphatic rings. The molecular weight excluding hydrogens is 328 g/mol. The summed E-state index contributed by atoms with van der Waals surface area (Å²) in [5, 5.41) is 1.06. The molecule has 2 saturated heterocycles. The van der Waals surface area contributed by atoms with Crippen LogP contribution < -0.4 is 0 Å². The third kappa shape index (κ3) is 3.60. The van der Waals surface area contributed by atoms with Crippen LogP contribution in [0.5, 0.6) is 0 Å². The maximum Gasteiger partial charge on any atom is 0.270 e. The van der Waals surface area contributed by atoms with Gasteiger partial charge >= 0.3 is 0 Å². The Morgan fingerprint density at radius 2 is 1.62 bits per heavy atom. The number of hydrogen-bond donors (Lipinski definition) is 1.